The number of alkyl halides is 2. The van der Waals surface area contributed by atoms with Crippen LogP contribution in [0.3, 0.4) is 0 Å². The van der Waals surface area contributed by atoms with Gasteiger partial charge in [-0.2, -0.15) is 0 Å². The van der Waals surface area contributed by atoms with Gasteiger partial charge in [-0.1, -0.05) is 44.6 Å². The van der Waals surface area contributed by atoms with Crippen molar-refractivity contribution in [3.05, 3.63) is 47.6 Å². The molecular weight excluding hydrogens is 1010 g/mol. The first-order chi connectivity index (χ1) is 35.6. The molecule has 0 bridgehead atoms. The monoisotopic (exact) mass is 1090 g/mol. The molecule has 0 unspecified atom stereocenters. The van der Waals surface area contributed by atoms with E-state index in [1.54, 1.807) is 53.7 Å². The van der Waals surface area contributed by atoms with E-state index in [4.69, 9.17) is 47.4 Å². The minimum Gasteiger partial charge on any atom is -0.432 e. The maximum atomic E-state index is 17.7. The van der Waals surface area contributed by atoms with Crippen LogP contribution in [0.2, 0.25) is 0 Å². The third kappa shape index (κ3) is 8.32. The van der Waals surface area contributed by atoms with E-state index in [1.807, 2.05) is 13.8 Å². The van der Waals surface area contributed by atoms with Crippen molar-refractivity contribution in [1.82, 2.24) is 0 Å². The topological polar surface area (TPSA) is 235 Å². The molecule has 16 atom stereocenters. The van der Waals surface area contributed by atoms with E-state index in [9.17, 15) is 39.0 Å². The van der Waals surface area contributed by atoms with Crippen LogP contribution in [0.25, 0.3) is 0 Å². The number of allylic oxidation sites excluding steroid dienone is 8. The molecule has 0 aromatic rings. The second-order valence-corrected chi connectivity index (χ2v) is 24.5. The van der Waals surface area contributed by atoms with E-state index < -0.39 is 141 Å². The van der Waals surface area contributed by atoms with Crippen LogP contribution in [0, 0.1) is 45.3 Å². The molecule has 0 aromatic heterocycles. The average molecular weight is 1090 g/mol. The summed E-state index contributed by atoms with van der Waals surface area (Å²) in [6.07, 6.45) is 3.73. The summed E-state index contributed by atoms with van der Waals surface area (Å²) >= 11 is 0. The van der Waals surface area contributed by atoms with Crippen molar-refractivity contribution in [3.63, 3.8) is 0 Å². The van der Waals surface area contributed by atoms with Gasteiger partial charge in [0, 0.05) is 33.5 Å². The van der Waals surface area contributed by atoms with Gasteiger partial charge in [0.05, 0.1) is 50.8 Å². The fourth-order valence-corrected chi connectivity index (χ4v) is 16.9. The van der Waals surface area contributed by atoms with Crippen LogP contribution in [-0.4, -0.2) is 157 Å². The summed E-state index contributed by atoms with van der Waals surface area (Å²) in [6.45, 7) is 11.9. The quantitative estimate of drug-likeness (QED) is 0.126. The number of Topliss-reactive ketones (excluding diaryl/α,β-unsaturated/α-hetero) is 2. The maximum absolute atomic E-state index is 17.7. The van der Waals surface area contributed by atoms with E-state index in [-0.39, 0.29) is 84.3 Å². The van der Waals surface area contributed by atoms with Gasteiger partial charge in [0.2, 0.25) is 11.6 Å². The highest BCUT2D eigenvalue weighted by Crippen LogP contribution is 2.74. The average Bonchev–Trinajstić information content (AvgIpc) is 4.04. The van der Waals surface area contributed by atoms with E-state index in [1.165, 1.54) is 24.3 Å². The number of halogens is 2. The molecule has 426 valence electrons. The van der Waals surface area contributed by atoms with Gasteiger partial charge >= 0.3 is 12.3 Å². The molecule has 8 aliphatic carbocycles. The first-order valence-electron chi connectivity index (χ1n) is 26.8. The maximum Gasteiger partial charge on any atom is 0.508 e. The first kappa shape index (κ1) is 57.4. The molecule has 2 saturated heterocycles. The molecule has 0 aromatic carbocycles. The van der Waals surface area contributed by atoms with Crippen LogP contribution in [0.15, 0.2) is 47.6 Å². The number of ether oxygens (including phenoxy) is 10. The third-order valence-corrected chi connectivity index (χ3v) is 20.0. The van der Waals surface area contributed by atoms with Crippen molar-refractivity contribution in [2.75, 3.05) is 52.9 Å². The van der Waals surface area contributed by atoms with Gasteiger partial charge < -0.3 is 57.6 Å². The Morgan fingerprint density at radius 1 is 0.571 bits per heavy atom. The molecule has 2 aliphatic heterocycles. The molecule has 10 aliphatic rings. The zero-order valence-corrected chi connectivity index (χ0v) is 44.6. The van der Waals surface area contributed by atoms with Crippen molar-refractivity contribution in [2.24, 2.45) is 45.3 Å². The van der Waals surface area contributed by atoms with Gasteiger partial charge in [-0.15, -0.1) is 0 Å². The molecule has 18 nitrogen and oxygen atoms in total. The zero-order chi connectivity index (χ0) is 54.9. The highest BCUT2D eigenvalue weighted by Gasteiger charge is 2.82. The molecule has 0 amide bonds. The van der Waals surface area contributed by atoms with E-state index >= 15 is 8.78 Å². The summed E-state index contributed by atoms with van der Waals surface area (Å²) in [4.78, 5) is 78.7. The van der Waals surface area contributed by atoms with Crippen molar-refractivity contribution in [1.29, 1.82) is 0 Å². The van der Waals surface area contributed by atoms with E-state index in [0.717, 1.165) is 0 Å². The zero-order valence-electron chi connectivity index (χ0n) is 44.6. The summed E-state index contributed by atoms with van der Waals surface area (Å²) < 4.78 is 92.9. The van der Waals surface area contributed by atoms with Gasteiger partial charge in [0.25, 0.3) is 0 Å². The van der Waals surface area contributed by atoms with Crippen LogP contribution in [-0.2, 0) is 66.5 Å². The van der Waals surface area contributed by atoms with Crippen LogP contribution in [0.4, 0.5) is 18.4 Å². The Hall–Kier alpha value is -4.28. The number of carbonyl (C=O) groups is 6. The SMILES string of the molecule is C.CC1(C)O[C@@H]2C[C@H]3[C@@H]4CCC5=CC(=O)C=C[C@]5(C)[C@@]4(F)[C@@H](O)C[C@]3(C)[C@]2(C(=O)COC(=O)OCCOCCOCCOC(=O)OCC(=O)[C@@]23OC(C)(C)O[C@@H]2C[C@H]2[C@@H]4CCC5=CC(=O)C=C[C@]5(C)[C@@]4(F)[C@@H](O)C[C@@]23C)O1. The molecule has 77 heavy (non-hydrogen) atoms. The predicted octanol–water partition coefficient (Wildman–Crippen LogP) is 6.84. The Morgan fingerprint density at radius 3 is 1.31 bits per heavy atom. The summed E-state index contributed by atoms with van der Waals surface area (Å²) in [5.74, 6) is -6.33. The summed E-state index contributed by atoms with van der Waals surface area (Å²) in [6, 6.07) is 0. The number of rotatable bonds is 15. The van der Waals surface area contributed by atoms with E-state index in [2.05, 4.69) is 0 Å². The highest BCUT2D eigenvalue weighted by atomic mass is 19.1. The van der Waals surface area contributed by atoms with Crippen LogP contribution >= 0.6 is 0 Å². The molecule has 6 saturated carbocycles. The summed E-state index contributed by atoms with van der Waals surface area (Å²) in [5, 5.41) is 23.6. The molecular formula is C57H76F2O18. The van der Waals surface area contributed by atoms with Crippen molar-refractivity contribution < 1.29 is 95.1 Å². The van der Waals surface area contributed by atoms with Crippen molar-refractivity contribution in [3.8, 4) is 0 Å². The number of hydrogen-bond acceptors (Lipinski definition) is 18. The van der Waals surface area contributed by atoms with Crippen LogP contribution in [0.1, 0.15) is 114 Å². The molecule has 10 rings (SSSR count). The lowest BCUT2D eigenvalue weighted by Crippen LogP contribution is -2.70. The minimum atomic E-state index is -2.12. The fourth-order valence-electron chi connectivity index (χ4n) is 16.9. The van der Waals surface area contributed by atoms with E-state index in [0.29, 0.717) is 36.8 Å². The fraction of sp³-hybridized carbons (Fsp3) is 0.754. The molecule has 20 heteroatoms. The lowest BCUT2D eigenvalue weighted by Gasteiger charge is -2.62. The van der Waals surface area contributed by atoms with Gasteiger partial charge in [-0.25, -0.2) is 18.4 Å². The Balaban J connectivity index is 0.00000722. The summed E-state index contributed by atoms with van der Waals surface area (Å²) in [5.41, 5.74) is -11.0. The van der Waals surface area contributed by atoms with Crippen molar-refractivity contribution in [2.45, 2.75) is 173 Å². The smallest absolute Gasteiger partial charge is 0.432 e. The van der Waals surface area contributed by atoms with Crippen LogP contribution < -0.4 is 0 Å². The second-order valence-electron chi connectivity index (χ2n) is 24.5. The first-order valence-corrected chi connectivity index (χ1v) is 26.8. The Morgan fingerprint density at radius 2 is 0.935 bits per heavy atom. The number of aliphatic hydroxyl groups is 2. The van der Waals surface area contributed by atoms with Gasteiger partial charge in [0.1, 0.15) is 13.2 Å². The number of carbonyl (C=O) groups excluding carboxylic acids is 6. The highest BCUT2D eigenvalue weighted by molar-refractivity contribution is 6.02. The molecule has 2 N–H and O–H groups in total. The lowest BCUT2D eigenvalue weighted by molar-refractivity contribution is -0.246. The summed E-state index contributed by atoms with van der Waals surface area (Å²) in [7, 11) is 0. The molecule has 2 heterocycles. The van der Waals surface area contributed by atoms with Crippen LogP contribution in [0.5, 0.6) is 0 Å². The van der Waals surface area contributed by atoms with Gasteiger partial charge in [0.15, 0.2) is 58.9 Å². The third-order valence-electron chi connectivity index (χ3n) is 20.0. The van der Waals surface area contributed by atoms with Crippen molar-refractivity contribution >= 4 is 35.4 Å². The largest absolute Gasteiger partial charge is 0.508 e. The number of hydrogen-bond donors (Lipinski definition) is 2. The lowest BCUT2D eigenvalue weighted by atomic mass is 9.44. The molecule has 0 spiro atoms. The minimum absolute atomic E-state index is 0. The number of fused-ring (bicyclic) bond motifs is 14. The number of ketones is 4. The number of aliphatic hydroxyl groups excluding tert-OH is 2. The second kappa shape index (κ2) is 19.5. The standard InChI is InChI=1S/C56H72F2O18.CH4/c1-47(2)73-43-25-37-35-11-9-31-23-33(59)13-15-49(31,5)53(35,57)39(61)27-51(37,7)55(43,75-47)41(63)29-71-45(65)69-21-19-67-17-18-68-20-22-70-46(66)72-30-42(64)56-44(74-48(3,4)76-56)26-38-36-12-10-32-24-34(60)14-16-50(32,6)54(36,58)40(62)28-52(38,56)8;/h13-16,23-24,35-40,43-44,61-62H,9-12,17-22,25-30H2,1-8H3;1H4/t35-,36-,37-,38-,39-,40-,43+,44+,49-,50-,51-,52-,53-,54-,55+,56+;/m0./s1. The molecule has 0 radical (unpaired) electrons. The molecule has 8 fully saturated rings. The van der Waals surface area contributed by atoms with Gasteiger partial charge in [-0.05, 0) is 129 Å². The Bertz CT molecular complexity index is 2400. The normalized spacial score (nSPS) is 44.1. The Kier molecular flexibility index (Phi) is 14.5. The predicted molar refractivity (Wildman–Crippen MR) is 266 cm³/mol. The Labute approximate surface area is 447 Å². The van der Waals surface area contributed by atoms with Gasteiger partial charge in [-0.3, -0.25) is 19.2 Å².